The lowest BCUT2D eigenvalue weighted by molar-refractivity contribution is -0.385. The van der Waals surface area contributed by atoms with Crippen LogP contribution in [0.5, 0.6) is 0 Å². The number of alkyl halides is 2. The molecule has 0 aliphatic heterocycles. The van der Waals surface area contributed by atoms with E-state index in [1.807, 2.05) is 0 Å². The quantitative estimate of drug-likeness (QED) is 0.567. The molecule has 0 fully saturated rings. The van der Waals surface area contributed by atoms with Crippen LogP contribution in [0, 0.1) is 17.0 Å². The van der Waals surface area contributed by atoms with Crippen molar-refractivity contribution in [3.05, 3.63) is 38.4 Å². The van der Waals surface area contributed by atoms with Crippen molar-refractivity contribution in [2.75, 3.05) is 0 Å². The molecule has 0 heterocycles. The molecule has 76 valence electrons. The zero-order valence-corrected chi connectivity index (χ0v) is 7.89. The zero-order valence-electron chi connectivity index (χ0n) is 7.13. The van der Waals surface area contributed by atoms with Crippen LogP contribution in [-0.2, 0) is 0 Å². The van der Waals surface area contributed by atoms with Gasteiger partial charge >= 0.3 is 0 Å². The summed E-state index contributed by atoms with van der Waals surface area (Å²) in [6.07, 6.45) is -2.73. The van der Waals surface area contributed by atoms with E-state index in [0.29, 0.717) is 0 Å². The van der Waals surface area contributed by atoms with E-state index in [-0.39, 0.29) is 16.1 Å². The summed E-state index contributed by atoms with van der Waals surface area (Å²) in [5.74, 6) is 0. The molecule has 0 radical (unpaired) electrons. The molecule has 0 unspecified atom stereocenters. The Balaban J connectivity index is 3.41. The van der Waals surface area contributed by atoms with Crippen molar-refractivity contribution in [3.8, 4) is 0 Å². The predicted molar refractivity (Wildman–Crippen MR) is 47.8 cm³/mol. The van der Waals surface area contributed by atoms with Gasteiger partial charge in [-0.05, 0) is 13.0 Å². The van der Waals surface area contributed by atoms with Gasteiger partial charge in [-0.3, -0.25) is 10.1 Å². The Hall–Kier alpha value is -1.23. The van der Waals surface area contributed by atoms with Gasteiger partial charge in [0.15, 0.2) is 0 Å². The molecule has 0 aromatic heterocycles. The monoisotopic (exact) mass is 221 g/mol. The Morgan fingerprint density at radius 1 is 1.50 bits per heavy atom. The maximum atomic E-state index is 12.3. The van der Waals surface area contributed by atoms with Gasteiger partial charge in [-0.1, -0.05) is 17.7 Å². The van der Waals surface area contributed by atoms with Gasteiger partial charge in [0.2, 0.25) is 0 Å². The molecule has 0 spiro atoms. The normalized spacial score (nSPS) is 10.6. The predicted octanol–water partition coefficient (Wildman–Crippen LogP) is 3.49. The topological polar surface area (TPSA) is 43.1 Å². The molecule has 1 aromatic rings. The lowest BCUT2D eigenvalue weighted by atomic mass is 10.1. The average molecular weight is 222 g/mol. The van der Waals surface area contributed by atoms with Crippen LogP contribution in [0.4, 0.5) is 14.5 Å². The van der Waals surface area contributed by atoms with Crippen LogP contribution in [0.2, 0.25) is 5.02 Å². The fourth-order valence-corrected chi connectivity index (χ4v) is 1.42. The first-order chi connectivity index (χ1) is 6.45. The lowest BCUT2D eigenvalue weighted by Gasteiger charge is -2.05. The van der Waals surface area contributed by atoms with Crippen LogP contribution in [0.25, 0.3) is 0 Å². The third-order valence-corrected chi connectivity index (χ3v) is 2.15. The van der Waals surface area contributed by atoms with E-state index in [2.05, 4.69) is 0 Å². The number of halogens is 3. The maximum Gasteiger partial charge on any atom is 0.291 e. The van der Waals surface area contributed by atoms with Gasteiger partial charge in [-0.25, -0.2) is 8.78 Å². The number of benzene rings is 1. The summed E-state index contributed by atoms with van der Waals surface area (Å²) in [7, 11) is 0. The summed E-state index contributed by atoms with van der Waals surface area (Å²) in [6, 6.07) is 2.20. The van der Waals surface area contributed by atoms with Gasteiger partial charge in [-0.15, -0.1) is 0 Å². The van der Waals surface area contributed by atoms with Crippen LogP contribution < -0.4 is 0 Å². The lowest BCUT2D eigenvalue weighted by Crippen LogP contribution is -1.97. The average Bonchev–Trinajstić information content (AvgIpc) is 2.02. The van der Waals surface area contributed by atoms with Crippen molar-refractivity contribution < 1.29 is 13.7 Å². The summed E-state index contributed by atoms with van der Waals surface area (Å²) >= 11 is 5.51. The summed E-state index contributed by atoms with van der Waals surface area (Å²) in [6.45, 7) is 1.26. The fourth-order valence-electron chi connectivity index (χ4n) is 1.14. The first-order valence-electron chi connectivity index (χ1n) is 3.66. The fraction of sp³-hybridized carbons (Fsp3) is 0.250. The van der Waals surface area contributed by atoms with E-state index >= 15 is 0 Å². The molecule has 14 heavy (non-hydrogen) atoms. The SMILES string of the molecule is Cc1c(C(F)F)ccc(Cl)c1[N+](=O)[O-]. The van der Waals surface area contributed by atoms with Crippen LogP contribution >= 0.6 is 11.6 Å². The minimum atomic E-state index is -2.73. The second-order valence-corrected chi connectivity index (χ2v) is 3.08. The highest BCUT2D eigenvalue weighted by Gasteiger charge is 2.22. The molecule has 0 saturated heterocycles. The van der Waals surface area contributed by atoms with Crippen LogP contribution in [0.1, 0.15) is 17.6 Å². The molecule has 1 aromatic carbocycles. The number of nitrogens with zero attached hydrogens (tertiary/aromatic N) is 1. The number of nitro benzene ring substituents is 1. The second-order valence-electron chi connectivity index (χ2n) is 2.67. The largest absolute Gasteiger partial charge is 0.291 e. The molecule has 0 N–H and O–H groups in total. The van der Waals surface area contributed by atoms with Crippen molar-refractivity contribution in [2.45, 2.75) is 13.3 Å². The third-order valence-electron chi connectivity index (χ3n) is 1.84. The van der Waals surface area contributed by atoms with Crippen LogP contribution in [0.3, 0.4) is 0 Å². The summed E-state index contributed by atoms with van der Waals surface area (Å²) < 4.78 is 24.7. The molecule has 0 aliphatic rings. The van der Waals surface area contributed by atoms with Gasteiger partial charge in [0.05, 0.1) is 4.92 Å². The molecule has 6 heteroatoms. The number of rotatable bonds is 2. The first-order valence-corrected chi connectivity index (χ1v) is 4.04. The van der Waals surface area contributed by atoms with E-state index in [4.69, 9.17) is 11.6 Å². The molecule has 0 aliphatic carbocycles. The Kier molecular flexibility index (Phi) is 3.00. The molecule has 0 amide bonds. The van der Waals surface area contributed by atoms with Crippen LogP contribution in [-0.4, -0.2) is 4.92 Å². The van der Waals surface area contributed by atoms with Crippen LogP contribution in [0.15, 0.2) is 12.1 Å². The van der Waals surface area contributed by atoms with E-state index < -0.39 is 17.0 Å². The Labute approximate surface area is 83.4 Å². The standard InChI is InChI=1S/C8H6ClF2NO2/c1-4-5(8(10)11)2-3-6(9)7(4)12(13)14/h2-3,8H,1H3. The van der Waals surface area contributed by atoms with Crippen molar-refractivity contribution in [3.63, 3.8) is 0 Å². The minimum Gasteiger partial charge on any atom is -0.258 e. The molecular weight excluding hydrogens is 216 g/mol. The molecule has 1 rings (SSSR count). The molecular formula is C8H6ClF2NO2. The van der Waals surface area contributed by atoms with Gasteiger partial charge in [0.25, 0.3) is 12.1 Å². The molecule has 0 bridgehead atoms. The Bertz CT molecular complexity index is 382. The van der Waals surface area contributed by atoms with E-state index in [1.54, 1.807) is 0 Å². The van der Waals surface area contributed by atoms with Gasteiger partial charge in [0.1, 0.15) is 5.02 Å². The molecule has 0 atom stereocenters. The maximum absolute atomic E-state index is 12.3. The van der Waals surface area contributed by atoms with Gasteiger partial charge < -0.3 is 0 Å². The van der Waals surface area contributed by atoms with E-state index in [0.717, 1.165) is 12.1 Å². The highest BCUT2D eigenvalue weighted by molar-refractivity contribution is 6.32. The summed E-state index contributed by atoms with van der Waals surface area (Å²) in [5, 5.41) is 10.4. The smallest absolute Gasteiger partial charge is 0.258 e. The molecule has 0 saturated carbocycles. The zero-order chi connectivity index (χ0) is 10.9. The van der Waals surface area contributed by atoms with Gasteiger partial charge in [-0.2, -0.15) is 0 Å². The first kappa shape index (κ1) is 10.8. The van der Waals surface area contributed by atoms with E-state index in [1.165, 1.54) is 6.92 Å². The van der Waals surface area contributed by atoms with E-state index in [9.17, 15) is 18.9 Å². The summed E-state index contributed by atoms with van der Waals surface area (Å²) in [4.78, 5) is 9.73. The number of hydrogen-bond acceptors (Lipinski definition) is 2. The van der Waals surface area contributed by atoms with Gasteiger partial charge in [0, 0.05) is 11.1 Å². The van der Waals surface area contributed by atoms with Crippen molar-refractivity contribution in [1.82, 2.24) is 0 Å². The highest BCUT2D eigenvalue weighted by atomic mass is 35.5. The van der Waals surface area contributed by atoms with Crippen molar-refractivity contribution in [2.24, 2.45) is 0 Å². The summed E-state index contributed by atoms with van der Waals surface area (Å²) in [5.41, 5.74) is -0.900. The number of nitro groups is 1. The number of hydrogen-bond donors (Lipinski definition) is 0. The van der Waals surface area contributed by atoms with Crippen molar-refractivity contribution >= 4 is 17.3 Å². The second kappa shape index (κ2) is 3.88. The Morgan fingerprint density at radius 2 is 2.07 bits per heavy atom. The Morgan fingerprint density at radius 3 is 2.50 bits per heavy atom. The minimum absolute atomic E-state index is 0.0856. The third kappa shape index (κ3) is 1.82. The highest BCUT2D eigenvalue weighted by Crippen LogP contribution is 2.34. The molecule has 3 nitrogen and oxygen atoms in total. The van der Waals surface area contributed by atoms with Crippen molar-refractivity contribution in [1.29, 1.82) is 0 Å².